The van der Waals surface area contributed by atoms with Gasteiger partial charge in [-0.3, -0.25) is 4.79 Å². The Balaban J connectivity index is 2.12. The first kappa shape index (κ1) is 13.0. The summed E-state index contributed by atoms with van der Waals surface area (Å²) in [7, 11) is -3.77. The molecular weight excluding hydrogens is 252 g/mol. The minimum atomic E-state index is -3.77. The second kappa shape index (κ2) is 5.07. The van der Waals surface area contributed by atoms with E-state index < -0.39 is 10.0 Å². The molecule has 1 aromatic carbocycles. The Bertz CT molecular complexity index is 548. The van der Waals surface area contributed by atoms with Gasteiger partial charge in [0.2, 0.25) is 15.9 Å². The smallest absolute Gasteiger partial charge is 0.238 e. The molecule has 2 rings (SSSR count). The van der Waals surface area contributed by atoms with Crippen LogP contribution in [0.1, 0.15) is 0 Å². The molecule has 1 amide bonds. The number of primary sulfonamides is 1. The first-order valence-electron chi connectivity index (χ1n) is 5.13. The predicted molar refractivity (Wildman–Crippen MR) is 66.9 cm³/mol. The average Bonchev–Trinajstić information content (AvgIpc) is 2.81. The Hall–Kier alpha value is -1.40. The second-order valence-electron chi connectivity index (χ2n) is 3.70. The third kappa shape index (κ3) is 3.08. The summed E-state index contributed by atoms with van der Waals surface area (Å²) >= 11 is 0. The molecule has 1 fully saturated rings. The Kier molecular flexibility index (Phi) is 3.68. The van der Waals surface area contributed by atoms with Gasteiger partial charge in [-0.1, -0.05) is 6.07 Å². The van der Waals surface area contributed by atoms with Crippen molar-refractivity contribution in [3.63, 3.8) is 0 Å². The minimum absolute atomic E-state index is 0.0391. The highest BCUT2D eigenvalue weighted by atomic mass is 32.2. The quantitative estimate of drug-likeness (QED) is 0.840. The highest BCUT2D eigenvalue weighted by Gasteiger charge is 2.24. The molecule has 3 N–H and O–H groups in total. The molecular formula is C12H11N2O3S. The molecule has 5 radical (unpaired) electrons. The largest absolute Gasteiger partial charge is 0.326 e. The van der Waals surface area contributed by atoms with Crippen LogP contribution in [0, 0.1) is 31.6 Å². The molecule has 0 atom stereocenters. The lowest BCUT2D eigenvalue weighted by atomic mass is 10.1. The van der Waals surface area contributed by atoms with Crippen molar-refractivity contribution in [1.29, 1.82) is 0 Å². The maximum absolute atomic E-state index is 11.7. The number of sulfonamides is 1. The molecule has 93 valence electrons. The minimum Gasteiger partial charge on any atom is -0.326 e. The van der Waals surface area contributed by atoms with Gasteiger partial charge in [0.1, 0.15) is 0 Å². The first-order valence-corrected chi connectivity index (χ1v) is 6.67. The first-order chi connectivity index (χ1) is 8.47. The molecule has 0 spiro atoms. The number of hydrogen-bond acceptors (Lipinski definition) is 3. The lowest BCUT2D eigenvalue weighted by Gasteiger charge is -2.10. The summed E-state index contributed by atoms with van der Waals surface area (Å²) in [5, 5.41) is 7.61. The van der Waals surface area contributed by atoms with Crippen LogP contribution in [0.4, 0.5) is 5.69 Å². The molecule has 0 saturated heterocycles. The van der Waals surface area contributed by atoms with Gasteiger partial charge in [0.25, 0.3) is 0 Å². The zero-order valence-electron chi connectivity index (χ0n) is 9.33. The highest BCUT2D eigenvalue weighted by molar-refractivity contribution is 7.89. The summed E-state index contributed by atoms with van der Waals surface area (Å²) in [4.78, 5) is 11.7. The second-order valence-corrected chi connectivity index (χ2v) is 5.26. The van der Waals surface area contributed by atoms with Crippen LogP contribution in [-0.4, -0.2) is 14.3 Å². The van der Waals surface area contributed by atoms with E-state index >= 15 is 0 Å². The van der Waals surface area contributed by atoms with E-state index in [0.717, 1.165) is 0 Å². The summed E-state index contributed by atoms with van der Waals surface area (Å²) in [5.41, 5.74) is 0.382. The summed E-state index contributed by atoms with van der Waals surface area (Å²) < 4.78 is 22.3. The van der Waals surface area contributed by atoms with Crippen LogP contribution < -0.4 is 10.5 Å². The van der Waals surface area contributed by atoms with E-state index in [1.165, 1.54) is 18.2 Å². The van der Waals surface area contributed by atoms with E-state index in [2.05, 4.69) is 5.32 Å². The SMILES string of the molecule is NS(=O)(=O)c1cccc(NC(=O)[C]2[CH][CH][CH][CH]2)c1. The van der Waals surface area contributed by atoms with Crippen LogP contribution in [0.3, 0.4) is 0 Å². The van der Waals surface area contributed by atoms with E-state index in [1.54, 1.807) is 31.7 Å². The fourth-order valence-electron chi connectivity index (χ4n) is 1.48. The molecule has 5 nitrogen and oxygen atoms in total. The Morgan fingerprint density at radius 2 is 1.83 bits per heavy atom. The number of benzene rings is 1. The third-order valence-corrected chi connectivity index (χ3v) is 3.26. The number of carbonyl (C=O) groups excluding carboxylic acids is 1. The van der Waals surface area contributed by atoms with Gasteiger partial charge in [0.05, 0.1) is 10.8 Å². The Labute approximate surface area is 106 Å². The zero-order chi connectivity index (χ0) is 13.2. The van der Waals surface area contributed by atoms with Crippen LogP contribution >= 0.6 is 0 Å². The van der Waals surface area contributed by atoms with E-state index in [4.69, 9.17) is 5.14 Å². The highest BCUT2D eigenvalue weighted by Crippen LogP contribution is 2.24. The molecule has 1 aromatic rings. The van der Waals surface area contributed by atoms with E-state index in [9.17, 15) is 13.2 Å². The van der Waals surface area contributed by atoms with E-state index in [0.29, 0.717) is 11.6 Å². The average molecular weight is 263 g/mol. The Morgan fingerprint density at radius 3 is 2.44 bits per heavy atom. The van der Waals surface area contributed by atoms with Crippen molar-refractivity contribution < 1.29 is 13.2 Å². The normalized spacial score (nSPS) is 16.7. The molecule has 0 bridgehead atoms. The van der Waals surface area contributed by atoms with Gasteiger partial charge in [-0.05, 0) is 43.9 Å². The number of rotatable bonds is 3. The maximum atomic E-state index is 11.7. The molecule has 6 heteroatoms. The summed E-state index contributed by atoms with van der Waals surface area (Å²) in [5.74, 6) is 0.211. The molecule has 0 unspecified atom stereocenters. The Morgan fingerprint density at radius 1 is 1.17 bits per heavy atom. The van der Waals surface area contributed by atoms with Gasteiger partial charge in [0.15, 0.2) is 0 Å². The van der Waals surface area contributed by atoms with Crippen LogP contribution in [0.2, 0.25) is 0 Å². The molecule has 0 aromatic heterocycles. The van der Waals surface area contributed by atoms with Crippen molar-refractivity contribution in [3.8, 4) is 0 Å². The number of amides is 1. The summed E-state index contributed by atoms with van der Waals surface area (Å²) in [6.45, 7) is 0. The molecule has 1 aliphatic carbocycles. The van der Waals surface area contributed by atoms with Crippen molar-refractivity contribution in [3.05, 3.63) is 55.9 Å². The van der Waals surface area contributed by atoms with Gasteiger partial charge < -0.3 is 5.32 Å². The fraction of sp³-hybridized carbons (Fsp3) is 0. The van der Waals surface area contributed by atoms with Crippen molar-refractivity contribution in [2.45, 2.75) is 4.90 Å². The fourth-order valence-corrected chi connectivity index (χ4v) is 2.04. The van der Waals surface area contributed by atoms with Gasteiger partial charge in [0, 0.05) is 5.69 Å². The lowest BCUT2D eigenvalue weighted by molar-refractivity contribution is -0.113. The topological polar surface area (TPSA) is 89.3 Å². The van der Waals surface area contributed by atoms with E-state index in [1.807, 2.05) is 0 Å². The maximum Gasteiger partial charge on any atom is 0.238 e. The summed E-state index contributed by atoms with van der Waals surface area (Å²) in [6, 6.07) is 5.79. The van der Waals surface area contributed by atoms with Gasteiger partial charge in [-0.2, -0.15) is 0 Å². The standard InChI is InChI=1S/C12H11N2O3S/c13-18(16,17)11-7-3-6-10(8-11)14-12(15)9-4-1-2-5-9/h1-8H,(H,14,15)(H2,13,16,17). The summed E-state index contributed by atoms with van der Waals surface area (Å²) in [6.07, 6.45) is 6.82. The molecule has 1 saturated carbocycles. The van der Waals surface area contributed by atoms with Gasteiger partial charge in [-0.15, -0.1) is 0 Å². The lowest BCUT2D eigenvalue weighted by Crippen LogP contribution is -2.19. The number of anilines is 1. The van der Waals surface area contributed by atoms with Gasteiger partial charge >= 0.3 is 0 Å². The van der Waals surface area contributed by atoms with Crippen LogP contribution in [0.15, 0.2) is 29.2 Å². The van der Waals surface area contributed by atoms with E-state index in [-0.39, 0.29) is 10.8 Å². The van der Waals surface area contributed by atoms with Crippen LogP contribution in [-0.2, 0) is 14.8 Å². The zero-order valence-corrected chi connectivity index (χ0v) is 10.1. The van der Waals surface area contributed by atoms with Crippen molar-refractivity contribution >= 4 is 21.6 Å². The van der Waals surface area contributed by atoms with Crippen molar-refractivity contribution in [2.24, 2.45) is 5.14 Å². The number of nitrogens with one attached hydrogen (secondary N) is 1. The molecule has 1 aliphatic rings. The number of hydrogen-bond donors (Lipinski definition) is 2. The van der Waals surface area contributed by atoms with Crippen LogP contribution in [0.5, 0.6) is 0 Å². The van der Waals surface area contributed by atoms with Crippen LogP contribution in [0.25, 0.3) is 0 Å². The monoisotopic (exact) mass is 263 g/mol. The van der Waals surface area contributed by atoms with Crippen molar-refractivity contribution in [2.75, 3.05) is 5.32 Å². The van der Waals surface area contributed by atoms with Gasteiger partial charge in [-0.25, -0.2) is 13.6 Å². The third-order valence-electron chi connectivity index (χ3n) is 2.35. The molecule has 0 aliphatic heterocycles. The number of nitrogens with two attached hydrogens (primary N) is 1. The number of carbonyl (C=O) groups is 1. The van der Waals surface area contributed by atoms with Crippen molar-refractivity contribution in [1.82, 2.24) is 0 Å². The molecule has 0 heterocycles. The predicted octanol–water partition coefficient (Wildman–Crippen LogP) is 0.678. The molecule has 18 heavy (non-hydrogen) atoms.